The Hall–Kier alpha value is -1.97. The van der Waals surface area contributed by atoms with Crippen LogP contribution in [0.25, 0.3) is 6.08 Å². The van der Waals surface area contributed by atoms with Gasteiger partial charge in [0.25, 0.3) is 0 Å². The van der Waals surface area contributed by atoms with Crippen LogP contribution in [0.5, 0.6) is 11.5 Å². The van der Waals surface area contributed by atoms with E-state index < -0.39 is 0 Å². The van der Waals surface area contributed by atoms with Gasteiger partial charge in [-0.15, -0.1) is 0 Å². The molecule has 0 heterocycles. The summed E-state index contributed by atoms with van der Waals surface area (Å²) in [5, 5.41) is 0. The highest BCUT2D eigenvalue weighted by atomic mass is 16.5. The predicted octanol–water partition coefficient (Wildman–Crippen LogP) is 4.14. The molecule has 0 radical (unpaired) electrons. The van der Waals surface area contributed by atoms with Crippen LogP contribution in [0.3, 0.4) is 0 Å². The van der Waals surface area contributed by atoms with E-state index in [0.717, 1.165) is 18.4 Å². The summed E-state index contributed by atoms with van der Waals surface area (Å²) in [5.74, 6) is 1.38. The van der Waals surface area contributed by atoms with Crippen LogP contribution in [0.2, 0.25) is 0 Å². The number of hydrogen-bond acceptors (Lipinski definition) is 3. The van der Waals surface area contributed by atoms with Gasteiger partial charge < -0.3 is 14.4 Å². The number of nitrogens with zero attached hydrogens (tertiary/aromatic N) is 1. The topological polar surface area (TPSA) is 38.8 Å². The van der Waals surface area contributed by atoms with Crippen molar-refractivity contribution < 1.29 is 14.3 Å². The van der Waals surface area contributed by atoms with Gasteiger partial charge in [0, 0.05) is 18.2 Å². The van der Waals surface area contributed by atoms with Gasteiger partial charge in [0.15, 0.2) is 11.5 Å². The average molecular weight is 319 g/mol. The molecule has 1 aromatic rings. The molecule has 23 heavy (non-hydrogen) atoms. The molecule has 0 aliphatic heterocycles. The maximum atomic E-state index is 12.6. The number of carbonyl (C=O) groups excluding carboxylic acids is 1. The van der Waals surface area contributed by atoms with E-state index in [2.05, 4.69) is 27.7 Å². The minimum absolute atomic E-state index is 0.0449. The van der Waals surface area contributed by atoms with Crippen LogP contribution < -0.4 is 9.47 Å². The Kier molecular flexibility index (Phi) is 7.66. The third kappa shape index (κ3) is 5.02. The van der Waals surface area contributed by atoms with Crippen molar-refractivity contribution in [3.8, 4) is 11.5 Å². The Bertz CT molecular complexity index is 529. The van der Waals surface area contributed by atoms with E-state index in [1.54, 1.807) is 20.3 Å². The molecule has 0 spiro atoms. The van der Waals surface area contributed by atoms with Crippen LogP contribution in [0.1, 0.15) is 46.1 Å². The average Bonchev–Trinajstić information content (AvgIpc) is 2.59. The van der Waals surface area contributed by atoms with Crippen molar-refractivity contribution in [2.45, 2.75) is 52.6 Å². The Balaban J connectivity index is 2.95. The third-order valence-corrected chi connectivity index (χ3v) is 4.21. The molecule has 0 fully saturated rings. The van der Waals surface area contributed by atoms with Crippen molar-refractivity contribution in [1.82, 2.24) is 4.90 Å². The van der Waals surface area contributed by atoms with E-state index >= 15 is 0 Å². The quantitative estimate of drug-likeness (QED) is 0.676. The van der Waals surface area contributed by atoms with Gasteiger partial charge in [0.2, 0.25) is 5.91 Å². The Morgan fingerprint density at radius 2 is 1.65 bits per heavy atom. The van der Waals surface area contributed by atoms with Crippen molar-refractivity contribution in [1.29, 1.82) is 0 Å². The van der Waals surface area contributed by atoms with Gasteiger partial charge in [-0.1, -0.05) is 19.9 Å². The summed E-state index contributed by atoms with van der Waals surface area (Å²) < 4.78 is 10.5. The van der Waals surface area contributed by atoms with Gasteiger partial charge in [-0.25, -0.2) is 0 Å². The molecule has 4 nitrogen and oxygen atoms in total. The van der Waals surface area contributed by atoms with Crippen molar-refractivity contribution in [2.75, 3.05) is 14.2 Å². The molecular formula is C19H29NO3. The van der Waals surface area contributed by atoms with Crippen LogP contribution in [0.15, 0.2) is 24.3 Å². The van der Waals surface area contributed by atoms with Crippen molar-refractivity contribution >= 4 is 12.0 Å². The van der Waals surface area contributed by atoms with E-state index in [1.807, 2.05) is 29.2 Å². The van der Waals surface area contributed by atoms with Gasteiger partial charge in [-0.2, -0.15) is 0 Å². The first-order valence-electron chi connectivity index (χ1n) is 8.20. The molecular weight excluding hydrogens is 290 g/mol. The van der Waals surface area contributed by atoms with Crippen LogP contribution in [-0.2, 0) is 4.79 Å². The Labute approximate surface area is 140 Å². The van der Waals surface area contributed by atoms with Gasteiger partial charge in [-0.3, -0.25) is 4.79 Å². The molecule has 0 aliphatic rings. The standard InChI is InChI=1S/C19H29NO3/c1-7-14(3)20(15(4)8-2)19(21)12-10-16-9-11-17(22-5)18(13-16)23-6/h9-15H,7-8H2,1-6H3. The summed E-state index contributed by atoms with van der Waals surface area (Å²) in [4.78, 5) is 14.5. The molecule has 0 bridgehead atoms. The van der Waals surface area contributed by atoms with E-state index in [9.17, 15) is 4.79 Å². The number of amides is 1. The van der Waals surface area contributed by atoms with Crippen molar-refractivity contribution in [3.05, 3.63) is 29.8 Å². The van der Waals surface area contributed by atoms with Crippen molar-refractivity contribution in [2.24, 2.45) is 0 Å². The molecule has 4 heteroatoms. The van der Waals surface area contributed by atoms with Crippen molar-refractivity contribution in [3.63, 3.8) is 0 Å². The molecule has 2 atom stereocenters. The van der Waals surface area contributed by atoms with Crippen LogP contribution in [0, 0.1) is 0 Å². The number of methoxy groups -OCH3 is 2. The monoisotopic (exact) mass is 319 g/mol. The van der Waals surface area contributed by atoms with E-state index in [0.29, 0.717) is 11.5 Å². The summed E-state index contributed by atoms with van der Waals surface area (Å²) in [6.45, 7) is 8.39. The zero-order chi connectivity index (χ0) is 17.4. The molecule has 0 aromatic heterocycles. The second kappa shape index (κ2) is 9.23. The normalized spacial score (nSPS) is 13.7. The van der Waals surface area contributed by atoms with Crippen LogP contribution in [0.4, 0.5) is 0 Å². The lowest BCUT2D eigenvalue weighted by Gasteiger charge is -2.33. The van der Waals surface area contributed by atoms with Gasteiger partial charge in [-0.05, 0) is 50.5 Å². The third-order valence-electron chi connectivity index (χ3n) is 4.21. The molecule has 2 unspecified atom stereocenters. The summed E-state index contributed by atoms with van der Waals surface area (Å²) in [6.07, 6.45) is 5.35. The second-order valence-corrected chi connectivity index (χ2v) is 5.71. The summed E-state index contributed by atoms with van der Waals surface area (Å²) in [7, 11) is 3.21. The highest BCUT2D eigenvalue weighted by molar-refractivity contribution is 5.92. The highest BCUT2D eigenvalue weighted by Crippen LogP contribution is 2.28. The number of hydrogen-bond donors (Lipinski definition) is 0. The number of ether oxygens (including phenoxy) is 2. The molecule has 1 amide bonds. The van der Waals surface area contributed by atoms with Crippen LogP contribution >= 0.6 is 0 Å². The Morgan fingerprint density at radius 1 is 1.09 bits per heavy atom. The molecule has 0 N–H and O–H groups in total. The fourth-order valence-electron chi connectivity index (χ4n) is 2.47. The first kappa shape index (κ1) is 19.1. The van der Waals surface area contributed by atoms with E-state index in [1.165, 1.54) is 0 Å². The van der Waals surface area contributed by atoms with E-state index in [4.69, 9.17) is 9.47 Å². The first-order chi connectivity index (χ1) is 11.0. The summed E-state index contributed by atoms with van der Waals surface area (Å²) >= 11 is 0. The summed E-state index contributed by atoms with van der Waals surface area (Å²) in [6, 6.07) is 6.06. The highest BCUT2D eigenvalue weighted by Gasteiger charge is 2.21. The minimum atomic E-state index is 0.0449. The van der Waals surface area contributed by atoms with E-state index in [-0.39, 0.29) is 18.0 Å². The molecule has 1 aromatic carbocycles. The largest absolute Gasteiger partial charge is 0.493 e. The molecule has 0 saturated heterocycles. The SMILES string of the molecule is CCC(C)N(C(=O)C=Cc1ccc(OC)c(OC)c1)C(C)CC. The lowest BCUT2D eigenvalue weighted by molar-refractivity contribution is -0.130. The maximum Gasteiger partial charge on any atom is 0.247 e. The van der Waals surface area contributed by atoms with Gasteiger partial charge in [0.05, 0.1) is 14.2 Å². The fraction of sp³-hybridized carbons (Fsp3) is 0.526. The zero-order valence-electron chi connectivity index (χ0n) is 15.1. The molecule has 128 valence electrons. The Morgan fingerprint density at radius 3 is 2.13 bits per heavy atom. The van der Waals surface area contributed by atoms with Gasteiger partial charge in [0.1, 0.15) is 0 Å². The second-order valence-electron chi connectivity index (χ2n) is 5.71. The molecule has 0 saturated carbocycles. The molecule has 0 aliphatic carbocycles. The summed E-state index contributed by atoms with van der Waals surface area (Å²) in [5.41, 5.74) is 0.907. The lowest BCUT2D eigenvalue weighted by atomic mass is 10.1. The molecule has 1 rings (SSSR count). The number of rotatable bonds is 8. The zero-order valence-corrected chi connectivity index (χ0v) is 15.1. The lowest BCUT2D eigenvalue weighted by Crippen LogP contribution is -2.43. The fourth-order valence-corrected chi connectivity index (χ4v) is 2.47. The minimum Gasteiger partial charge on any atom is -0.493 e. The number of benzene rings is 1. The smallest absolute Gasteiger partial charge is 0.247 e. The van der Waals surface area contributed by atoms with Crippen LogP contribution in [-0.4, -0.2) is 37.1 Å². The predicted molar refractivity (Wildman–Crippen MR) is 94.9 cm³/mol. The number of carbonyl (C=O) groups is 1. The van der Waals surface area contributed by atoms with Gasteiger partial charge >= 0.3 is 0 Å². The first-order valence-corrected chi connectivity index (χ1v) is 8.20. The maximum absolute atomic E-state index is 12.6.